The molecule has 0 spiro atoms. The zero-order valence-corrected chi connectivity index (χ0v) is 11.8. The molecule has 0 unspecified atom stereocenters. The quantitative estimate of drug-likeness (QED) is 0.592. The zero-order chi connectivity index (χ0) is 15.6. The Morgan fingerprint density at radius 1 is 1.24 bits per heavy atom. The van der Waals surface area contributed by atoms with Crippen LogP contribution >= 0.6 is 0 Å². The Morgan fingerprint density at radius 3 is 2.57 bits per heavy atom. The highest BCUT2D eigenvalue weighted by molar-refractivity contribution is 7.85. The minimum Gasteiger partial charge on any atom is -0.506 e. The Balaban J connectivity index is 2.45. The van der Waals surface area contributed by atoms with E-state index in [0.717, 1.165) is 0 Å². The largest absolute Gasteiger partial charge is 0.506 e. The monoisotopic (exact) mass is 311 g/mol. The van der Waals surface area contributed by atoms with Crippen molar-refractivity contribution < 1.29 is 27.6 Å². The third-order valence-electron chi connectivity index (χ3n) is 2.74. The van der Waals surface area contributed by atoms with E-state index in [1.165, 1.54) is 30.3 Å². The van der Waals surface area contributed by atoms with Gasteiger partial charge in [-0.15, -0.1) is 0 Å². The highest BCUT2D eigenvalue weighted by Crippen LogP contribution is 2.30. The summed E-state index contributed by atoms with van der Waals surface area (Å²) in [7, 11) is -4.31. The normalized spacial score (nSPS) is 11.3. The topological polar surface area (TPSA) is 113 Å². The maximum atomic E-state index is 11.3. The lowest BCUT2D eigenvalue weighted by molar-refractivity contribution is 0.168. The number of carbonyl (C=O) groups is 1. The molecule has 0 radical (unpaired) electrons. The lowest BCUT2D eigenvalue weighted by Gasteiger charge is -2.09. The second kappa shape index (κ2) is 5.58. The smallest absolute Gasteiger partial charge is 0.411 e. The molecule has 2 aromatic rings. The first kappa shape index (κ1) is 15.1. The molecule has 0 aliphatic rings. The molecule has 0 aliphatic carbocycles. The van der Waals surface area contributed by atoms with Crippen molar-refractivity contribution in [3.63, 3.8) is 0 Å². The number of phenolic OH excluding ortho intramolecular Hbond substituents is 1. The van der Waals surface area contributed by atoms with E-state index < -0.39 is 16.2 Å². The summed E-state index contributed by atoms with van der Waals surface area (Å²) < 4.78 is 35.8. The molecular formula is C13H13NO6S. The summed E-state index contributed by atoms with van der Waals surface area (Å²) in [5, 5.41) is 13.2. The molecule has 21 heavy (non-hydrogen) atoms. The van der Waals surface area contributed by atoms with Crippen molar-refractivity contribution in [2.45, 2.75) is 11.8 Å². The van der Waals surface area contributed by atoms with Gasteiger partial charge in [-0.25, -0.2) is 4.79 Å². The minimum atomic E-state index is -4.31. The van der Waals surface area contributed by atoms with Crippen LogP contribution in [0.4, 0.5) is 10.5 Å². The molecule has 7 nitrogen and oxygen atoms in total. The van der Waals surface area contributed by atoms with Crippen LogP contribution in [-0.2, 0) is 14.9 Å². The van der Waals surface area contributed by atoms with Crippen molar-refractivity contribution in [1.29, 1.82) is 0 Å². The summed E-state index contributed by atoms with van der Waals surface area (Å²) in [6, 6.07) is 6.65. The number of rotatable bonds is 3. The van der Waals surface area contributed by atoms with Crippen LogP contribution in [0.25, 0.3) is 10.8 Å². The maximum Gasteiger partial charge on any atom is 0.411 e. The SMILES string of the molecule is CCOC(=O)Nc1cc2ccc(S(=O)(=O)O)cc2cc1O. The van der Waals surface area contributed by atoms with Gasteiger partial charge >= 0.3 is 6.09 Å². The third-order valence-corrected chi connectivity index (χ3v) is 3.59. The fraction of sp³-hybridized carbons (Fsp3) is 0.154. The van der Waals surface area contributed by atoms with Gasteiger partial charge in [0.2, 0.25) is 0 Å². The van der Waals surface area contributed by atoms with Crippen LogP contribution in [0.5, 0.6) is 5.75 Å². The average Bonchev–Trinajstić information content (AvgIpc) is 2.38. The molecule has 0 saturated carbocycles. The van der Waals surface area contributed by atoms with Gasteiger partial charge < -0.3 is 9.84 Å². The van der Waals surface area contributed by atoms with Gasteiger partial charge in [0.25, 0.3) is 10.1 Å². The fourth-order valence-corrected chi connectivity index (χ4v) is 2.32. The van der Waals surface area contributed by atoms with Crippen molar-refractivity contribution in [3.05, 3.63) is 30.3 Å². The number of phenols is 1. The molecule has 0 fully saturated rings. The first-order valence-electron chi connectivity index (χ1n) is 5.99. The summed E-state index contributed by atoms with van der Waals surface area (Å²) in [4.78, 5) is 11.1. The molecule has 8 heteroatoms. The summed E-state index contributed by atoms with van der Waals surface area (Å²) >= 11 is 0. The predicted octanol–water partition coefficient (Wildman–Crippen LogP) is 2.36. The first-order chi connectivity index (χ1) is 9.81. The fourth-order valence-electron chi connectivity index (χ4n) is 1.80. The number of benzene rings is 2. The lowest BCUT2D eigenvalue weighted by Crippen LogP contribution is -2.13. The van der Waals surface area contributed by atoms with Gasteiger partial charge in [-0.3, -0.25) is 9.87 Å². The van der Waals surface area contributed by atoms with E-state index in [1.54, 1.807) is 6.92 Å². The number of fused-ring (bicyclic) bond motifs is 1. The van der Waals surface area contributed by atoms with Crippen molar-refractivity contribution in [3.8, 4) is 5.75 Å². The Kier molecular flexibility index (Phi) is 4.01. The second-order valence-corrected chi connectivity index (χ2v) is 5.62. The van der Waals surface area contributed by atoms with Gasteiger partial charge in [0.1, 0.15) is 5.75 Å². The van der Waals surface area contributed by atoms with E-state index in [9.17, 15) is 18.3 Å². The number of hydrogen-bond donors (Lipinski definition) is 3. The van der Waals surface area contributed by atoms with Crippen molar-refractivity contribution >= 4 is 32.7 Å². The number of ether oxygens (including phenoxy) is 1. The van der Waals surface area contributed by atoms with E-state index in [-0.39, 0.29) is 22.9 Å². The van der Waals surface area contributed by atoms with Crippen LogP contribution in [0.1, 0.15) is 6.92 Å². The number of nitrogens with one attached hydrogen (secondary N) is 1. The van der Waals surface area contributed by atoms with Crippen LogP contribution in [-0.4, -0.2) is 30.8 Å². The van der Waals surface area contributed by atoms with Crippen molar-refractivity contribution in [2.75, 3.05) is 11.9 Å². The zero-order valence-electron chi connectivity index (χ0n) is 11.0. The molecule has 2 aromatic carbocycles. The first-order valence-corrected chi connectivity index (χ1v) is 7.43. The van der Waals surface area contributed by atoms with E-state index in [2.05, 4.69) is 5.32 Å². The van der Waals surface area contributed by atoms with E-state index in [1.807, 2.05) is 0 Å². The molecule has 0 atom stereocenters. The molecule has 0 aliphatic heterocycles. The van der Waals surface area contributed by atoms with Gasteiger partial charge in [0.05, 0.1) is 17.2 Å². The third kappa shape index (κ3) is 3.41. The summed E-state index contributed by atoms with van der Waals surface area (Å²) in [6.45, 7) is 1.84. The number of amides is 1. The van der Waals surface area contributed by atoms with Crippen LogP contribution in [0, 0.1) is 0 Å². The molecule has 1 amide bonds. The van der Waals surface area contributed by atoms with Crippen LogP contribution in [0.15, 0.2) is 35.2 Å². The molecule has 0 saturated heterocycles. The van der Waals surface area contributed by atoms with Gasteiger partial charge in [-0.1, -0.05) is 6.07 Å². The van der Waals surface area contributed by atoms with Crippen molar-refractivity contribution in [1.82, 2.24) is 0 Å². The van der Waals surface area contributed by atoms with E-state index >= 15 is 0 Å². The Labute approximate surface area is 120 Å². The van der Waals surface area contributed by atoms with E-state index in [4.69, 9.17) is 9.29 Å². The number of anilines is 1. The molecule has 0 aromatic heterocycles. The van der Waals surface area contributed by atoms with E-state index in [0.29, 0.717) is 10.8 Å². The molecule has 0 heterocycles. The summed E-state index contributed by atoms with van der Waals surface area (Å²) in [5.41, 5.74) is 0.139. The Bertz CT molecular complexity index is 800. The van der Waals surface area contributed by atoms with Crippen LogP contribution in [0.2, 0.25) is 0 Å². The minimum absolute atomic E-state index is 0.139. The highest BCUT2D eigenvalue weighted by atomic mass is 32.2. The number of aromatic hydroxyl groups is 1. The highest BCUT2D eigenvalue weighted by Gasteiger charge is 2.12. The molecule has 0 bridgehead atoms. The Hall–Kier alpha value is -2.32. The van der Waals surface area contributed by atoms with Gasteiger partial charge in [0, 0.05) is 0 Å². The average molecular weight is 311 g/mol. The molecule has 3 N–H and O–H groups in total. The summed E-state index contributed by atoms with van der Waals surface area (Å²) in [6.07, 6.45) is -0.707. The van der Waals surface area contributed by atoms with Crippen molar-refractivity contribution in [2.24, 2.45) is 0 Å². The molecule has 112 valence electrons. The predicted molar refractivity (Wildman–Crippen MR) is 76.1 cm³/mol. The lowest BCUT2D eigenvalue weighted by atomic mass is 10.1. The second-order valence-electron chi connectivity index (χ2n) is 4.20. The summed E-state index contributed by atoms with van der Waals surface area (Å²) in [5.74, 6) is -0.247. The molecular weight excluding hydrogens is 298 g/mol. The van der Waals surface area contributed by atoms with Gasteiger partial charge in [-0.05, 0) is 42.0 Å². The standard InChI is InChI=1S/C13H13NO6S/c1-2-20-13(16)14-11-6-8-3-4-10(21(17,18)19)5-9(8)7-12(11)15/h3-7,15H,2H2,1H3,(H,14,16)(H,17,18,19). The molecule has 2 rings (SSSR count). The maximum absolute atomic E-state index is 11.3. The number of carbonyl (C=O) groups excluding carboxylic acids is 1. The van der Waals surface area contributed by atoms with Crippen LogP contribution < -0.4 is 5.32 Å². The van der Waals surface area contributed by atoms with Crippen LogP contribution in [0.3, 0.4) is 0 Å². The Morgan fingerprint density at radius 2 is 1.95 bits per heavy atom. The van der Waals surface area contributed by atoms with Gasteiger partial charge in [-0.2, -0.15) is 8.42 Å². The number of hydrogen-bond acceptors (Lipinski definition) is 5. The van der Waals surface area contributed by atoms with Gasteiger partial charge in [0.15, 0.2) is 0 Å².